The first-order valence-electron chi connectivity index (χ1n) is 4.99. The maximum Gasteiger partial charge on any atom is 0.146 e. The largest absolute Gasteiger partial charge is 0.383 e. The molecular formula is C12H8Br2F2OS. The van der Waals surface area contributed by atoms with Gasteiger partial charge in [-0.25, -0.2) is 8.78 Å². The molecule has 1 atom stereocenters. The summed E-state index contributed by atoms with van der Waals surface area (Å²) in [6.45, 7) is 1.85. The molecule has 0 bridgehead atoms. The smallest absolute Gasteiger partial charge is 0.146 e. The normalized spacial score (nSPS) is 12.8. The summed E-state index contributed by atoms with van der Waals surface area (Å²) in [7, 11) is 0. The van der Waals surface area contributed by atoms with Crippen LogP contribution >= 0.6 is 43.2 Å². The summed E-state index contributed by atoms with van der Waals surface area (Å²) < 4.78 is 28.5. The van der Waals surface area contributed by atoms with Crippen LogP contribution in [0.25, 0.3) is 0 Å². The lowest BCUT2D eigenvalue weighted by molar-refractivity contribution is 0.212. The van der Waals surface area contributed by atoms with E-state index >= 15 is 0 Å². The molecule has 1 aromatic heterocycles. The molecule has 1 heterocycles. The van der Waals surface area contributed by atoms with Gasteiger partial charge in [-0.3, -0.25) is 0 Å². The third-order valence-electron chi connectivity index (χ3n) is 2.50. The van der Waals surface area contributed by atoms with E-state index in [0.29, 0.717) is 4.88 Å². The van der Waals surface area contributed by atoms with Crippen molar-refractivity contribution >= 4 is 43.2 Å². The van der Waals surface area contributed by atoms with Crippen molar-refractivity contribution in [3.8, 4) is 0 Å². The monoisotopic (exact) mass is 396 g/mol. The highest BCUT2D eigenvalue weighted by Gasteiger charge is 2.23. The topological polar surface area (TPSA) is 20.2 Å². The van der Waals surface area contributed by atoms with Crippen LogP contribution in [0.15, 0.2) is 26.5 Å². The summed E-state index contributed by atoms with van der Waals surface area (Å²) in [4.78, 5) is 0.496. The summed E-state index contributed by atoms with van der Waals surface area (Å²) in [5.74, 6) is -1.53. The number of hydrogen-bond acceptors (Lipinski definition) is 2. The number of thiophene rings is 1. The first-order valence-corrected chi connectivity index (χ1v) is 7.39. The maximum atomic E-state index is 13.9. The molecular weight excluding hydrogens is 390 g/mol. The Balaban J connectivity index is 2.52. The van der Waals surface area contributed by atoms with E-state index in [9.17, 15) is 13.9 Å². The van der Waals surface area contributed by atoms with E-state index in [0.717, 1.165) is 15.4 Å². The Hall–Kier alpha value is -0.300. The van der Waals surface area contributed by atoms with Crippen molar-refractivity contribution < 1.29 is 13.9 Å². The Kier molecular flexibility index (Phi) is 4.21. The minimum Gasteiger partial charge on any atom is -0.383 e. The molecule has 96 valence electrons. The Labute approximate surface area is 124 Å². The van der Waals surface area contributed by atoms with Gasteiger partial charge in [-0.05, 0) is 62.5 Å². The van der Waals surface area contributed by atoms with Gasteiger partial charge >= 0.3 is 0 Å². The first kappa shape index (κ1) is 14.1. The van der Waals surface area contributed by atoms with E-state index in [-0.39, 0.29) is 10.0 Å². The maximum absolute atomic E-state index is 13.9. The van der Waals surface area contributed by atoms with Crippen molar-refractivity contribution in [2.45, 2.75) is 13.0 Å². The minimum absolute atomic E-state index is 0.130. The molecule has 0 fully saturated rings. The van der Waals surface area contributed by atoms with Crippen molar-refractivity contribution in [1.29, 1.82) is 0 Å². The molecule has 2 rings (SSSR count). The average Bonchev–Trinajstić information content (AvgIpc) is 2.65. The molecule has 1 N–H and O–H groups in total. The average molecular weight is 398 g/mol. The van der Waals surface area contributed by atoms with E-state index in [4.69, 9.17) is 0 Å². The van der Waals surface area contributed by atoms with Gasteiger partial charge in [0.25, 0.3) is 0 Å². The van der Waals surface area contributed by atoms with Crippen LogP contribution in [-0.4, -0.2) is 5.11 Å². The van der Waals surface area contributed by atoms with Crippen LogP contribution in [-0.2, 0) is 0 Å². The predicted molar refractivity (Wildman–Crippen MR) is 74.9 cm³/mol. The van der Waals surface area contributed by atoms with Crippen molar-refractivity contribution in [1.82, 2.24) is 0 Å². The molecule has 0 aliphatic carbocycles. The van der Waals surface area contributed by atoms with E-state index in [1.165, 1.54) is 17.4 Å². The molecule has 0 saturated heterocycles. The molecule has 0 saturated carbocycles. The fourth-order valence-corrected chi connectivity index (χ4v) is 3.47. The van der Waals surface area contributed by atoms with Crippen LogP contribution in [0, 0.1) is 18.6 Å². The molecule has 0 aliphatic rings. The Morgan fingerprint density at radius 2 is 1.94 bits per heavy atom. The number of aryl methyl sites for hydroxylation is 1. The van der Waals surface area contributed by atoms with Crippen molar-refractivity contribution in [3.63, 3.8) is 0 Å². The molecule has 0 amide bonds. The second-order valence-corrected chi connectivity index (χ2v) is 7.02. The van der Waals surface area contributed by atoms with Gasteiger partial charge in [0, 0.05) is 4.88 Å². The van der Waals surface area contributed by atoms with Crippen LogP contribution in [0.2, 0.25) is 0 Å². The lowest BCUT2D eigenvalue weighted by Gasteiger charge is -2.12. The van der Waals surface area contributed by atoms with Crippen LogP contribution in [0.1, 0.15) is 22.1 Å². The Morgan fingerprint density at radius 1 is 1.28 bits per heavy atom. The van der Waals surface area contributed by atoms with E-state index in [1.807, 2.05) is 6.92 Å². The zero-order chi connectivity index (χ0) is 13.4. The fourth-order valence-electron chi connectivity index (χ4n) is 1.55. The summed E-state index contributed by atoms with van der Waals surface area (Å²) >= 11 is 7.56. The standard InChI is InChI=1S/C12H8Br2F2OS/c1-5-4-8(18-12(5)14)11(17)9-7(15)3-2-6(13)10(9)16/h2-4,11,17H,1H3. The quantitative estimate of drug-likeness (QED) is 0.711. The summed E-state index contributed by atoms with van der Waals surface area (Å²) in [6.07, 6.45) is -1.31. The second-order valence-electron chi connectivity index (χ2n) is 3.76. The predicted octanol–water partition coefficient (Wildman–Crippen LogP) is 4.94. The molecule has 1 nitrogen and oxygen atoms in total. The highest BCUT2D eigenvalue weighted by molar-refractivity contribution is 9.11. The lowest BCUT2D eigenvalue weighted by atomic mass is 10.1. The van der Waals surface area contributed by atoms with Gasteiger partial charge in [0.1, 0.15) is 17.7 Å². The van der Waals surface area contributed by atoms with Gasteiger partial charge < -0.3 is 5.11 Å². The van der Waals surface area contributed by atoms with Gasteiger partial charge in [-0.1, -0.05) is 0 Å². The van der Waals surface area contributed by atoms with E-state index in [2.05, 4.69) is 31.9 Å². The van der Waals surface area contributed by atoms with Gasteiger partial charge in [0.15, 0.2) is 0 Å². The molecule has 0 aliphatic heterocycles. The number of rotatable bonds is 2. The zero-order valence-electron chi connectivity index (χ0n) is 9.18. The third-order valence-corrected chi connectivity index (χ3v) is 5.30. The molecule has 0 radical (unpaired) electrons. The number of halogens is 4. The van der Waals surface area contributed by atoms with Gasteiger partial charge in [-0.15, -0.1) is 11.3 Å². The number of aliphatic hydroxyl groups is 1. The first-order chi connectivity index (χ1) is 8.41. The number of hydrogen-bond donors (Lipinski definition) is 1. The molecule has 1 unspecified atom stereocenters. The van der Waals surface area contributed by atoms with Crippen LogP contribution < -0.4 is 0 Å². The van der Waals surface area contributed by atoms with E-state index < -0.39 is 17.7 Å². The summed E-state index contributed by atoms with van der Waals surface area (Å²) in [5, 5.41) is 10.1. The second kappa shape index (κ2) is 5.36. The Morgan fingerprint density at radius 3 is 2.50 bits per heavy atom. The highest BCUT2D eigenvalue weighted by Crippen LogP contribution is 2.37. The van der Waals surface area contributed by atoms with Gasteiger partial charge in [0.2, 0.25) is 0 Å². The van der Waals surface area contributed by atoms with Gasteiger partial charge in [0.05, 0.1) is 13.8 Å². The van der Waals surface area contributed by atoms with Crippen molar-refractivity contribution in [2.75, 3.05) is 0 Å². The zero-order valence-corrected chi connectivity index (χ0v) is 13.2. The number of aliphatic hydroxyl groups excluding tert-OH is 1. The van der Waals surface area contributed by atoms with Crippen molar-refractivity contribution in [3.05, 3.63) is 54.1 Å². The Bertz CT molecular complexity index is 579. The molecule has 1 aromatic carbocycles. The van der Waals surface area contributed by atoms with Crippen LogP contribution in [0.3, 0.4) is 0 Å². The van der Waals surface area contributed by atoms with Crippen LogP contribution in [0.5, 0.6) is 0 Å². The van der Waals surface area contributed by atoms with Gasteiger partial charge in [-0.2, -0.15) is 0 Å². The lowest BCUT2D eigenvalue weighted by Crippen LogP contribution is -2.04. The van der Waals surface area contributed by atoms with E-state index in [1.54, 1.807) is 6.07 Å². The fraction of sp³-hybridized carbons (Fsp3) is 0.167. The summed E-state index contributed by atoms with van der Waals surface area (Å²) in [6, 6.07) is 4.11. The molecule has 0 spiro atoms. The third kappa shape index (κ3) is 2.52. The SMILES string of the molecule is Cc1cc(C(O)c2c(F)ccc(Br)c2F)sc1Br. The van der Waals surface area contributed by atoms with Crippen LogP contribution in [0.4, 0.5) is 8.78 Å². The minimum atomic E-state index is -1.31. The summed E-state index contributed by atoms with van der Waals surface area (Å²) in [5.41, 5.74) is 0.586. The number of benzene rings is 1. The molecule has 6 heteroatoms. The highest BCUT2D eigenvalue weighted by atomic mass is 79.9. The van der Waals surface area contributed by atoms with Crippen molar-refractivity contribution in [2.24, 2.45) is 0 Å². The molecule has 18 heavy (non-hydrogen) atoms. The molecule has 2 aromatic rings.